The summed E-state index contributed by atoms with van der Waals surface area (Å²) in [5.41, 5.74) is 5.67. The molecule has 96 valence electrons. The summed E-state index contributed by atoms with van der Waals surface area (Å²) < 4.78 is 50.4. The Balaban J connectivity index is 3.07. The van der Waals surface area contributed by atoms with Crippen molar-refractivity contribution in [2.75, 3.05) is 18.0 Å². The molecule has 0 aliphatic carbocycles. The number of rotatable bonds is 4. The van der Waals surface area contributed by atoms with Crippen LogP contribution in [0.3, 0.4) is 0 Å². The molecule has 17 heavy (non-hydrogen) atoms. The Labute approximate surface area is 97.0 Å². The van der Waals surface area contributed by atoms with Gasteiger partial charge in [0.05, 0.1) is 0 Å². The minimum atomic E-state index is -4.33. The van der Waals surface area contributed by atoms with Crippen LogP contribution in [0.5, 0.6) is 0 Å². The van der Waals surface area contributed by atoms with Crippen LogP contribution < -0.4 is 10.6 Å². The summed E-state index contributed by atoms with van der Waals surface area (Å²) in [6, 6.07) is 4.01. The van der Waals surface area contributed by atoms with Gasteiger partial charge in [0.15, 0.2) is 0 Å². The molecule has 1 aromatic rings. The molecule has 0 atom stereocenters. The molecule has 0 aliphatic heterocycles. The summed E-state index contributed by atoms with van der Waals surface area (Å²) in [4.78, 5) is 1.06. The van der Waals surface area contributed by atoms with E-state index in [-0.39, 0.29) is 24.3 Å². The van der Waals surface area contributed by atoms with Crippen LogP contribution in [0.4, 0.5) is 23.2 Å². The monoisotopic (exact) mass is 250 g/mol. The van der Waals surface area contributed by atoms with Gasteiger partial charge in [-0.3, -0.25) is 0 Å². The van der Waals surface area contributed by atoms with Gasteiger partial charge in [-0.1, -0.05) is 6.07 Å². The summed E-state index contributed by atoms with van der Waals surface area (Å²) in [6.45, 7) is 0.475. The fraction of sp³-hybridized carbons (Fsp3) is 0.455. The van der Waals surface area contributed by atoms with Crippen LogP contribution in [0.25, 0.3) is 0 Å². The first-order valence-corrected chi connectivity index (χ1v) is 5.18. The Kier molecular flexibility index (Phi) is 4.34. The molecule has 0 amide bonds. The minimum Gasteiger partial charge on any atom is -0.363 e. The molecule has 1 aromatic carbocycles. The van der Waals surface area contributed by atoms with E-state index in [1.54, 1.807) is 6.92 Å². The third kappa shape index (κ3) is 3.59. The average molecular weight is 250 g/mol. The molecule has 0 aromatic heterocycles. The smallest absolute Gasteiger partial charge is 0.363 e. The molecule has 0 saturated carbocycles. The van der Waals surface area contributed by atoms with Crippen LogP contribution in [-0.4, -0.2) is 19.3 Å². The molecule has 2 N–H and O–H groups in total. The highest BCUT2D eigenvalue weighted by Crippen LogP contribution is 2.26. The number of benzene rings is 1. The number of nitrogens with two attached hydrogens (primary N) is 1. The zero-order valence-corrected chi connectivity index (χ0v) is 9.39. The van der Waals surface area contributed by atoms with Crippen LogP contribution in [0, 0.1) is 5.82 Å². The first kappa shape index (κ1) is 13.8. The SMILES string of the molecule is CCN(CC(F)(F)F)c1cccc(F)c1CN. The lowest BCUT2D eigenvalue weighted by molar-refractivity contribution is -0.119. The molecular formula is C11H14F4N2. The molecule has 0 aliphatic rings. The average Bonchev–Trinajstić information content (AvgIpc) is 2.24. The maximum Gasteiger partial charge on any atom is 0.405 e. The van der Waals surface area contributed by atoms with E-state index < -0.39 is 18.5 Å². The quantitative estimate of drug-likeness (QED) is 0.832. The maximum atomic E-state index is 13.4. The molecule has 1 rings (SSSR count). The second kappa shape index (κ2) is 5.35. The van der Waals surface area contributed by atoms with Gasteiger partial charge >= 0.3 is 6.18 Å². The Hall–Kier alpha value is -1.30. The van der Waals surface area contributed by atoms with Crippen LogP contribution in [-0.2, 0) is 6.54 Å². The predicted octanol–water partition coefficient (Wildman–Crippen LogP) is 2.67. The highest BCUT2D eigenvalue weighted by atomic mass is 19.4. The van der Waals surface area contributed by atoms with E-state index in [0.717, 1.165) is 4.90 Å². The van der Waals surface area contributed by atoms with Crippen LogP contribution >= 0.6 is 0 Å². The number of nitrogens with zero attached hydrogens (tertiary/aromatic N) is 1. The number of alkyl halides is 3. The molecule has 0 heterocycles. The molecule has 0 bridgehead atoms. The zero-order chi connectivity index (χ0) is 13.1. The van der Waals surface area contributed by atoms with E-state index in [4.69, 9.17) is 5.73 Å². The molecule has 0 radical (unpaired) electrons. The largest absolute Gasteiger partial charge is 0.405 e. The molecule has 0 saturated heterocycles. The molecule has 2 nitrogen and oxygen atoms in total. The lowest BCUT2D eigenvalue weighted by Crippen LogP contribution is -2.35. The van der Waals surface area contributed by atoms with Crippen molar-refractivity contribution in [2.24, 2.45) is 5.73 Å². The Morgan fingerprint density at radius 1 is 1.29 bits per heavy atom. The van der Waals surface area contributed by atoms with Gasteiger partial charge in [-0.15, -0.1) is 0 Å². The van der Waals surface area contributed by atoms with Crippen molar-refractivity contribution in [2.45, 2.75) is 19.6 Å². The molecular weight excluding hydrogens is 236 g/mol. The van der Waals surface area contributed by atoms with E-state index in [1.807, 2.05) is 0 Å². The second-order valence-corrected chi connectivity index (χ2v) is 3.57. The fourth-order valence-corrected chi connectivity index (χ4v) is 1.63. The van der Waals surface area contributed by atoms with Gasteiger partial charge in [0.1, 0.15) is 12.4 Å². The summed E-state index contributed by atoms with van der Waals surface area (Å²) >= 11 is 0. The third-order valence-electron chi connectivity index (χ3n) is 2.39. The number of halogens is 4. The summed E-state index contributed by atoms with van der Waals surface area (Å²) in [6.07, 6.45) is -4.33. The first-order valence-electron chi connectivity index (χ1n) is 5.18. The van der Waals surface area contributed by atoms with E-state index in [2.05, 4.69) is 0 Å². The first-order chi connectivity index (χ1) is 7.89. The normalized spacial score (nSPS) is 11.6. The summed E-state index contributed by atoms with van der Waals surface area (Å²) in [5.74, 6) is -0.578. The van der Waals surface area contributed by atoms with Crippen molar-refractivity contribution >= 4 is 5.69 Å². The third-order valence-corrected chi connectivity index (χ3v) is 2.39. The van der Waals surface area contributed by atoms with Gasteiger partial charge in [-0.2, -0.15) is 13.2 Å². The molecule has 0 spiro atoms. The summed E-state index contributed by atoms with van der Waals surface area (Å²) in [7, 11) is 0. The number of hydrogen-bond donors (Lipinski definition) is 1. The second-order valence-electron chi connectivity index (χ2n) is 3.57. The van der Waals surface area contributed by atoms with Crippen molar-refractivity contribution in [1.82, 2.24) is 0 Å². The van der Waals surface area contributed by atoms with E-state index in [1.165, 1.54) is 18.2 Å². The Morgan fingerprint density at radius 2 is 1.94 bits per heavy atom. The molecule has 6 heteroatoms. The number of hydrogen-bond acceptors (Lipinski definition) is 2. The topological polar surface area (TPSA) is 29.3 Å². The number of anilines is 1. The van der Waals surface area contributed by atoms with Gasteiger partial charge in [-0.05, 0) is 19.1 Å². The van der Waals surface area contributed by atoms with Crippen molar-refractivity contribution in [3.05, 3.63) is 29.6 Å². The predicted molar refractivity (Wildman–Crippen MR) is 58.2 cm³/mol. The van der Waals surface area contributed by atoms with E-state index >= 15 is 0 Å². The molecule has 0 fully saturated rings. The Morgan fingerprint density at radius 3 is 2.41 bits per heavy atom. The van der Waals surface area contributed by atoms with Gasteiger partial charge in [0.2, 0.25) is 0 Å². The Bertz CT molecular complexity index is 376. The lowest BCUT2D eigenvalue weighted by Gasteiger charge is -2.26. The highest BCUT2D eigenvalue weighted by Gasteiger charge is 2.31. The summed E-state index contributed by atoms with van der Waals surface area (Å²) in [5, 5.41) is 0. The fourth-order valence-electron chi connectivity index (χ4n) is 1.63. The minimum absolute atomic E-state index is 0.110. The van der Waals surface area contributed by atoms with Crippen molar-refractivity contribution in [1.29, 1.82) is 0 Å². The van der Waals surface area contributed by atoms with E-state index in [0.29, 0.717) is 0 Å². The van der Waals surface area contributed by atoms with Gasteiger partial charge < -0.3 is 10.6 Å². The zero-order valence-electron chi connectivity index (χ0n) is 9.39. The van der Waals surface area contributed by atoms with Crippen LogP contribution in [0.1, 0.15) is 12.5 Å². The standard InChI is InChI=1S/C11H14F4N2/c1-2-17(7-11(13,14)15)10-5-3-4-9(12)8(10)6-16/h3-5H,2,6-7,16H2,1H3. The van der Waals surface area contributed by atoms with Crippen LogP contribution in [0.2, 0.25) is 0 Å². The van der Waals surface area contributed by atoms with Crippen LogP contribution in [0.15, 0.2) is 18.2 Å². The van der Waals surface area contributed by atoms with Crippen molar-refractivity contribution in [3.63, 3.8) is 0 Å². The van der Waals surface area contributed by atoms with E-state index in [9.17, 15) is 17.6 Å². The van der Waals surface area contributed by atoms with Crippen molar-refractivity contribution in [3.8, 4) is 0 Å². The van der Waals surface area contributed by atoms with Gasteiger partial charge in [0, 0.05) is 24.3 Å². The lowest BCUT2D eigenvalue weighted by atomic mass is 10.1. The highest BCUT2D eigenvalue weighted by molar-refractivity contribution is 5.54. The maximum absolute atomic E-state index is 13.4. The van der Waals surface area contributed by atoms with Gasteiger partial charge in [-0.25, -0.2) is 4.39 Å². The van der Waals surface area contributed by atoms with Gasteiger partial charge in [0.25, 0.3) is 0 Å². The molecule has 0 unspecified atom stereocenters. The van der Waals surface area contributed by atoms with Crippen molar-refractivity contribution < 1.29 is 17.6 Å².